The lowest BCUT2D eigenvalue weighted by molar-refractivity contribution is -0.135. The number of carbonyl (C=O) groups excluding carboxylic acids is 2. The normalized spacial score (nSPS) is 23.7. The van der Waals surface area contributed by atoms with Gasteiger partial charge < -0.3 is 9.84 Å². The van der Waals surface area contributed by atoms with Gasteiger partial charge in [0.1, 0.15) is 11.3 Å². The molecule has 1 N–H and O–H groups in total. The maximum atomic E-state index is 12.1. The molecule has 0 aromatic heterocycles. The van der Waals surface area contributed by atoms with E-state index in [1.165, 1.54) is 11.8 Å². The van der Waals surface area contributed by atoms with Gasteiger partial charge in [-0.15, -0.1) is 0 Å². The lowest BCUT2D eigenvalue weighted by Gasteiger charge is -2.38. The molecule has 6 heteroatoms. The largest absolute Gasteiger partial charge is 0.477 e. The van der Waals surface area contributed by atoms with Gasteiger partial charge in [-0.2, -0.15) is 0 Å². The van der Waals surface area contributed by atoms with Crippen LogP contribution in [-0.4, -0.2) is 27.7 Å². The molecular weight excluding hydrogens is 286 g/mol. The third-order valence-electron chi connectivity index (χ3n) is 3.91. The fourth-order valence-electron chi connectivity index (χ4n) is 2.89. The summed E-state index contributed by atoms with van der Waals surface area (Å²) in [7, 11) is 0. The van der Waals surface area contributed by atoms with Crippen molar-refractivity contribution in [3.8, 4) is 0 Å². The Morgan fingerprint density at radius 3 is 2.77 bits per heavy atom. The first-order valence-electron chi connectivity index (χ1n) is 7.02. The molecule has 0 bridgehead atoms. The molecule has 0 aromatic carbocycles. The number of carboxylic acids is 1. The van der Waals surface area contributed by atoms with Crippen molar-refractivity contribution >= 4 is 17.7 Å². The number of carbonyl (C=O) groups is 3. The Morgan fingerprint density at radius 2 is 2.14 bits per heavy atom. The third kappa shape index (κ3) is 1.99. The van der Waals surface area contributed by atoms with Crippen LogP contribution in [0.4, 0.5) is 0 Å². The summed E-state index contributed by atoms with van der Waals surface area (Å²) in [6.45, 7) is 3.33. The number of ether oxygens (including phenoxy) is 1. The molecule has 2 aliphatic carbocycles. The van der Waals surface area contributed by atoms with Gasteiger partial charge in [-0.25, -0.2) is 4.79 Å². The topological polar surface area (TPSA) is 83.9 Å². The average molecular weight is 301 g/mol. The smallest absolute Gasteiger partial charge is 0.343 e. The van der Waals surface area contributed by atoms with Crippen molar-refractivity contribution in [2.45, 2.75) is 26.7 Å². The van der Waals surface area contributed by atoms with Crippen LogP contribution in [0.3, 0.4) is 0 Å². The van der Waals surface area contributed by atoms with Gasteiger partial charge in [0.25, 0.3) is 0 Å². The minimum atomic E-state index is -1.34. The van der Waals surface area contributed by atoms with Crippen molar-refractivity contribution in [2.75, 3.05) is 0 Å². The van der Waals surface area contributed by atoms with E-state index in [0.717, 1.165) is 6.42 Å². The van der Waals surface area contributed by atoms with Crippen LogP contribution in [-0.2, 0) is 19.1 Å². The lowest BCUT2D eigenvalue weighted by atomic mass is 9.92. The van der Waals surface area contributed by atoms with E-state index in [4.69, 9.17) is 4.74 Å². The van der Waals surface area contributed by atoms with Crippen LogP contribution >= 0.6 is 0 Å². The molecule has 22 heavy (non-hydrogen) atoms. The Hall–Kier alpha value is -2.63. The molecule has 114 valence electrons. The number of fused-ring (bicyclic) bond motifs is 1. The van der Waals surface area contributed by atoms with E-state index >= 15 is 0 Å². The summed E-state index contributed by atoms with van der Waals surface area (Å²) in [6, 6.07) is 0. The van der Waals surface area contributed by atoms with E-state index in [0.29, 0.717) is 17.2 Å². The Bertz CT molecular complexity index is 723. The molecule has 0 aromatic rings. The first kappa shape index (κ1) is 14.3. The molecule has 1 atom stereocenters. The van der Waals surface area contributed by atoms with Gasteiger partial charge in [-0.05, 0) is 18.6 Å². The van der Waals surface area contributed by atoms with Gasteiger partial charge in [0.15, 0.2) is 11.5 Å². The number of rotatable bonds is 1. The fourth-order valence-corrected chi connectivity index (χ4v) is 2.89. The number of aliphatic carboxylic acids is 1. The van der Waals surface area contributed by atoms with Crippen molar-refractivity contribution in [1.82, 2.24) is 4.90 Å². The number of nitrogens with zero attached hydrogens (tertiary/aromatic N) is 1. The number of allylic oxidation sites excluding steroid dienone is 4. The first-order valence-corrected chi connectivity index (χ1v) is 7.02. The second-order valence-electron chi connectivity index (χ2n) is 5.47. The van der Waals surface area contributed by atoms with Crippen LogP contribution in [0.25, 0.3) is 0 Å². The van der Waals surface area contributed by atoms with Crippen LogP contribution in [0.15, 0.2) is 46.7 Å². The van der Waals surface area contributed by atoms with Gasteiger partial charge in [0.2, 0.25) is 5.91 Å². The summed E-state index contributed by atoms with van der Waals surface area (Å²) < 4.78 is 5.78. The van der Waals surface area contributed by atoms with Crippen molar-refractivity contribution in [1.29, 1.82) is 0 Å². The van der Waals surface area contributed by atoms with Crippen LogP contribution < -0.4 is 0 Å². The maximum Gasteiger partial charge on any atom is 0.343 e. The summed E-state index contributed by atoms with van der Waals surface area (Å²) in [5, 5.41) is 9.31. The van der Waals surface area contributed by atoms with E-state index in [-0.39, 0.29) is 24.0 Å². The second kappa shape index (κ2) is 4.98. The first-order chi connectivity index (χ1) is 10.4. The average Bonchev–Trinajstić information content (AvgIpc) is 2.44. The molecule has 0 spiro atoms. The molecule has 1 aliphatic heterocycles. The molecular formula is C16H15NO5. The quantitative estimate of drug-likeness (QED) is 0.747. The number of hydrogen-bond donors (Lipinski definition) is 1. The van der Waals surface area contributed by atoms with Crippen LogP contribution in [0.1, 0.15) is 26.7 Å². The molecule has 1 unspecified atom stereocenters. The SMILES string of the molecule is CC(=O)N1C2=CCC(=O)C(C(=O)O)=C2OC2=C1C=CCC2C. The summed E-state index contributed by atoms with van der Waals surface area (Å²) in [5.41, 5.74) is 0.555. The highest BCUT2D eigenvalue weighted by Gasteiger charge is 2.40. The monoisotopic (exact) mass is 301 g/mol. The summed E-state index contributed by atoms with van der Waals surface area (Å²) in [5.74, 6) is -1.60. The van der Waals surface area contributed by atoms with Crippen LogP contribution in [0, 0.1) is 5.92 Å². The number of hydrogen-bond acceptors (Lipinski definition) is 4. The minimum absolute atomic E-state index is 0.00275. The lowest BCUT2D eigenvalue weighted by Crippen LogP contribution is -2.38. The molecule has 0 fully saturated rings. The van der Waals surface area contributed by atoms with Gasteiger partial charge >= 0.3 is 5.97 Å². The second-order valence-corrected chi connectivity index (χ2v) is 5.47. The van der Waals surface area contributed by atoms with E-state index in [9.17, 15) is 19.5 Å². The zero-order chi connectivity index (χ0) is 16.0. The molecule has 1 amide bonds. The maximum absolute atomic E-state index is 12.1. The summed E-state index contributed by atoms with van der Waals surface area (Å²) in [6.07, 6.45) is 5.96. The Kier molecular flexibility index (Phi) is 3.24. The van der Waals surface area contributed by atoms with Gasteiger partial charge in [0.05, 0.1) is 11.4 Å². The predicted molar refractivity (Wildman–Crippen MR) is 75.9 cm³/mol. The van der Waals surface area contributed by atoms with E-state index in [1.54, 1.807) is 12.2 Å². The highest BCUT2D eigenvalue weighted by molar-refractivity contribution is 6.19. The van der Waals surface area contributed by atoms with Crippen molar-refractivity contribution < 1.29 is 24.2 Å². The van der Waals surface area contributed by atoms with Crippen LogP contribution in [0.2, 0.25) is 0 Å². The standard InChI is InChI=1S/C16H15NO5/c1-8-4-3-5-10-14(8)22-15-11(17(10)9(2)18)6-7-12(19)13(15)16(20)21/h3,5-6,8H,4,7H2,1-2H3,(H,20,21). The summed E-state index contributed by atoms with van der Waals surface area (Å²) >= 11 is 0. The molecule has 0 saturated carbocycles. The zero-order valence-corrected chi connectivity index (χ0v) is 12.3. The van der Waals surface area contributed by atoms with Crippen molar-refractivity contribution in [3.05, 3.63) is 46.7 Å². The minimum Gasteiger partial charge on any atom is -0.477 e. The molecule has 3 rings (SSSR count). The third-order valence-corrected chi connectivity index (χ3v) is 3.91. The van der Waals surface area contributed by atoms with E-state index < -0.39 is 17.3 Å². The zero-order valence-electron chi connectivity index (χ0n) is 12.3. The fraction of sp³-hybridized carbons (Fsp3) is 0.312. The Morgan fingerprint density at radius 1 is 1.41 bits per heavy atom. The Labute approximate surface area is 127 Å². The molecule has 3 aliphatic rings. The van der Waals surface area contributed by atoms with Crippen molar-refractivity contribution in [2.24, 2.45) is 5.92 Å². The molecule has 6 nitrogen and oxygen atoms in total. The highest BCUT2D eigenvalue weighted by Crippen LogP contribution is 2.41. The summed E-state index contributed by atoms with van der Waals surface area (Å²) in [4.78, 5) is 36.8. The van der Waals surface area contributed by atoms with E-state index in [2.05, 4.69) is 0 Å². The molecule has 0 saturated heterocycles. The highest BCUT2D eigenvalue weighted by atomic mass is 16.5. The molecule has 1 heterocycles. The predicted octanol–water partition coefficient (Wildman–Crippen LogP) is 1.87. The van der Waals surface area contributed by atoms with Gasteiger partial charge in [-0.1, -0.05) is 13.0 Å². The number of Topliss-reactive ketones (excluding diaryl/α,β-unsaturated/α-hetero) is 1. The van der Waals surface area contributed by atoms with Crippen molar-refractivity contribution in [3.63, 3.8) is 0 Å². The van der Waals surface area contributed by atoms with Gasteiger partial charge in [-0.3, -0.25) is 14.5 Å². The van der Waals surface area contributed by atoms with Gasteiger partial charge in [0, 0.05) is 19.3 Å². The molecule has 0 radical (unpaired) electrons. The number of amides is 1. The number of carboxylic acid groups (broad SMARTS) is 1. The van der Waals surface area contributed by atoms with Crippen LogP contribution in [0.5, 0.6) is 0 Å². The van der Waals surface area contributed by atoms with E-state index in [1.807, 2.05) is 13.0 Å². The Balaban J connectivity index is 2.25. The number of ketones is 1.